The zero-order chi connectivity index (χ0) is 25.7. The lowest BCUT2D eigenvalue weighted by molar-refractivity contribution is -0.124. The second-order valence-corrected chi connectivity index (χ2v) is 9.23. The maximum absolute atomic E-state index is 12.8. The molecule has 37 heavy (non-hydrogen) atoms. The summed E-state index contributed by atoms with van der Waals surface area (Å²) in [5.41, 5.74) is 3.15. The molecule has 10 heteroatoms. The van der Waals surface area contributed by atoms with Gasteiger partial charge in [-0.05, 0) is 42.8 Å². The summed E-state index contributed by atoms with van der Waals surface area (Å²) in [4.78, 5) is 32.8. The fourth-order valence-electron chi connectivity index (χ4n) is 4.51. The molecule has 0 spiro atoms. The largest absolute Gasteiger partial charge is 0.492 e. The van der Waals surface area contributed by atoms with Crippen LogP contribution >= 0.6 is 12.4 Å². The molecule has 3 amide bonds. The third-order valence-electron chi connectivity index (χ3n) is 6.42. The fraction of sp³-hybridized carbons (Fsp3) is 0.407. The molecule has 1 unspecified atom stereocenters. The van der Waals surface area contributed by atoms with Gasteiger partial charge in [-0.3, -0.25) is 14.6 Å². The van der Waals surface area contributed by atoms with Crippen LogP contribution in [-0.4, -0.2) is 92.9 Å². The average molecular weight is 530 g/mol. The van der Waals surface area contributed by atoms with Gasteiger partial charge in [-0.1, -0.05) is 24.3 Å². The number of hydrogen-bond donors (Lipinski definition) is 2. The number of piperazine rings is 1. The van der Waals surface area contributed by atoms with Crippen molar-refractivity contribution < 1.29 is 19.4 Å². The maximum Gasteiger partial charge on any atom is 0.329 e. The van der Waals surface area contributed by atoms with Crippen LogP contribution in [0.5, 0.6) is 5.75 Å². The first-order valence-corrected chi connectivity index (χ1v) is 12.3. The van der Waals surface area contributed by atoms with Crippen LogP contribution in [0.2, 0.25) is 0 Å². The van der Waals surface area contributed by atoms with Gasteiger partial charge in [0, 0.05) is 52.5 Å². The lowest BCUT2D eigenvalue weighted by atomic mass is 10.1. The molecule has 0 bridgehead atoms. The molecule has 2 aliphatic heterocycles. The minimum absolute atomic E-state index is 0. The molecular formula is C27H36ClN5O4. The number of rotatable bonds is 9. The first-order valence-electron chi connectivity index (χ1n) is 12.3. The van der Waals surface area contributed by atoms with Crippen LogP contribution < -0.4 is 19.9 Å². The number of nitrogens with one attached hydrogen (secondary N) is 1. The Morgan fingerprint density at radius 2 is 1.70 bits per heavy atom. The van der Waals surface area contributed by atoms with Crippen molar-refractivity contribution in [2.24, 2.45) is 0 Å². The van der Waals surface area contributed by atoms with Crippen molar-refractivity contribution >= 4 is 41.8 Å². The van der Waals surface area contributed by atoms with Gasteiger partial charge in [0.05, 0.1) is 24.9 Å². The molecule has 0 aliphatic carbocycles. The van der Waals surface area contributed by atoms with E-state index in [4.69, 9.17) is 4.74 Å². The van der Waals surface area contributed by atoms with Gasteiger partial charge in [-0.15, -0.1) is 12.4 Å². The summed E-state index contributed by atoms with van der Waals surface area (Å²) in [6.07, 6.45) is 0.825. The number of amides is 3. The van der Waals surface area contributed by atoms with E-state index in [1.807, 2.05) is 68.4 Å². The summed E-state index contributed by atoms with van der Waals surface area (Å²) in [7, 11) is 3.91. The van der Waals surface area contributed by atoms with Crippen molar-refractivity contribution in [2.45, 2.75) is 13.0 Å². The smallest absolute Gasteiger partial charge is 0.329 e. The molecule has 0 saturated carbocycles. The van der Waals surface area contributed by atoms with Gasteiger partial charge in [0.25, 0.3) is 5.91 Å². The highest BCUT2D eigenvalue weighted by atomic mass is 35.5. The van der Waals surface area contributed by atoms with E-state index in [-0.39, 0.29) is 24.6 Å². The number of urea groups is 1. The Morgan fingerprint density at radius 1 is 1.03 bits per heavy atom. The van der Waals surface area contributed by atoms with E-state index in [2.05, 4.69) is 21.2 Å². The van der Waals surface area contributed by atoms with Gasteiger partial charge >= 0.3 is 6.03 Å². The fourth-order valence-corrected chi connectivity index (χ4v) is 4.51. The van der Waals surface area contributed by atoms with Crippen LogP contribution in [-0.2, 0) is 4.79 Å². The second-order valence-electron chi connectivity index (χ2n) is 9.23. The minimum Gasteiger partial charge on any atom is -0.492 e. The van der Waals surface area contributed by atoms with Crippen LogP contribution in [0.15, 0.2) is 54.2 Å². The summed E-state index contributed by atoms with van der Waals surface area (Å²) in [5.74, 6) is 0.456. The molecule has 0 radical (unpaired) electrons. The monoisotopic (exact) mass is 529 g/mol. The molecule has 2 aliphatic rings. The number of aliphatic hydroxyl groups is 1. The first kappa shape index (κ1) is 28.3. The van der Waals surface area contributed by atoms with Crippen molar-refractivity contribution in [3.05, 3.63) is 59.8 Å². The van der Waals surface area contributed by atoms with Crippen LogP contribution in [0, 0.1) is 0 Å². The number of benzene rings is 2. The molecule has 1 atom stereocenters. The molecule has 2 heterocycles. The Balaban J connectivity index is 0.00000380. The van der Waals surface area contributed by atoms with Gasteiger partial charge in [-0.25, -0.2) is 4.79 Å². The Morgan fingerprint density at radius 3 is 2.35 bits per heavy atom. The van der Waals surface area contributed by atoms with Crippen LogP contribution in [0.25, 0.3) is 6.08 Å². The van der Waals surface area contributed by atoms with Gasteiger partial charge in [0.1, 0.15) is 11.4 Å². The van der Waals surface area contributed by atoms with Crippen molar-refractivity contribution in [3.8, 4) is 5.75 Å². The number of para-hydroxylation sites is 2. The molecule has 200 valence electrons. The van der Waals surface area contributed by atoms with Crippen LogP contribution in [0.1, 0.15) is 12.5 Å². The van der Waals surface area contributed by atoms with E-state index in [9.17, 15) is 14.7 Å². The van der Waals surface area contributed by atoms with Gasteiger partial charge in [-0.2, -0.15) is 0 Å². The number of imide groups is 1. The minimum atomic E-state index is -0.833. The third-order valence-corrected chi connectivity index (χ3v) is 6.42. The van der Waals surface area contributed by atoms with Crippen molar-refractivity contribution in [2.75, 3.05) is 69.8 Å². The van der Waals surface area contributed by atoms with Crippen LogP contribution in [0.3, 0.4) is 0 Å². The number of nitrogens with zero attached hydrogens (tertiary/aromatic N) is 4. The van der Waals surface area contributed by atoms with Crippen LogP contribution in [0.4, 0.5) is 16.2 Å². The topological polar surface area (TPSA) is 88.6 Å². The number of halogens is 1. The zero-order valence-electron chi connectivity index (χ0n) is 21.6. The highest BCUT2D eigenvalue weighted by molar-refractivity contribution is 6.14. The Kier molecular flexibility index (Phi) is 9.79. The number of β-amino-alcohol motifs (C(OH)–C–C–N with tert-alkyl or cyclic N) is 1. The first-order chi connectivity index (χ1) is 17.4. The molecule has 4 rings (SSSR count). The summed E-state index contributed by atoms with van der Waals surface area (Å²) in [6.45, 7) is 6.09. The van der Waals surface area contributed by atoms with E-state index in [0.29, 0.717) is 13.2 Å². The summed E-state index contributed by atoms with van der Waals surface area (Å²) < 4.78 is 5.76. The molecule has 2 N–H and O–H groups in total. The highest BCUT2D eigenvalue weighted by Crippen LogP contribution is 2.29. The molecule has 9 nitrogen and oxygen atoms in total. The molecule has 2 fully saturated rings. The quantitative estimate of drug-likeness (QED) is 0.381. The molecule has 2 saturated heterocycles. The van der Waals surface area contributed by atoms with E-state index in [1.165, 1.54) is 0 Å². The SMILES string of the molecule is CCOc1ccccc1N1CCN(CC(O)CN2C(=O)N/C(=C\c3ccc(N(C)C)cc3)C2=O)CC1.Cl. The number of hydrogen-bond acceptors (Lipinski definition) is 7. The Bertz CT molecular complexity index is 1100. The lowest BCUT2D eigenvalue weighted by Crippen LogP contribution is -2.50. The average Bonchev–Trinajstić information content (AvgIpc) is 3.12. The number of anilines is 2. The Labute approximate surface area is 224 Å². The summed E-state index contributed by atoms with van der Waals surface area (Å²) in [5, 5.41) is 13.3. The molecule has 0 aromatic heterocycles. The highest BCUT2D eigenvalue weighted by Gasteiger charge is 2.35. The second kappa shape index (κ2) is 12.8. The Hall–Kier alpha value is -3.27. The van der Waals surface area contributed by atoms with E-state index in [0.717, 1.165) is 53.8 Å². The van der Waals surface area contributed by atoms with Crippen molar-refractivity contribution in [3.63, 3.8) is 0 Å². The number of carbonyl (C=O) groups is 2. The summed E-state index contributed by atoms with van der Waals surface area (Å²) in [6, 6.07) is 15.2. The van der Waals surface area contributed by atoms with Crippen molar-refractivity contribution in [1.82, 2.24) is 15.1 Å². The third kappa shape index (κ3) is 6.94. The zero-order valence-corrected chi connectivity index (χ0v) is 22.4. The van der Waals surface area contributed by atoms with Gasteiger partial charge in [0.2, 0.25) is 0 Å². The lowest BCUT2D eigenvalue weighted by Gasteiger charge is -2.37. The maximum atomic E-state index is 12.8. The molecular weight excluding hydrogens is 494 g/mol. The molecule has 2 aromatic carbocycles. The van der Waals surface area contributed by atoms with Gasteiger partial charge in [0.15, 0.2) is 0 Å². The summed E-state index contributed by atoms with van der Waals surface area (Å²) >= 11 is 0. The normalized spacial score (nSPS) is 18.0. The predicted molar refractivity (Wildman–Crippen MR) is 149 cm³/mol. The predicted octanol–water partition coefficient (Wildman–Crippen LogP) is 2.65. The molecule has 2 aromatic rings. The van der Waals surface area contributed by atoms with E-state index >= 15 is 0 Å². The number of ether oxygens (including phenoxy) is 1. The van der Waals surface area contributed by atoms with E-state index in [1.54, 1.807) is 6.08 Å². The van der Waals surface area contributed by atoms with Crippen molar-refractivity contribution in [1.29, 1.82) is 0 Å². The van der Waals surface area contributed by atoms with Gasteiger partial charge < -0.3 is 25.0 Å². The van der Waals surface area contributed by atoms with E-state index < -0.39 is 18.0 Å². The standard InChI is InChI=1S/C27H35N5O4.ClH/c1-4-36-25-8-6-5-7-24(25)31-15-13-30(14-16-31)18-22(33)19-32-26(34)23(28-27(32)35)17-20-9-11-21(12-10-20)29(2)3;/h5-12,17,22,33H,4,13-16,18-19H2,1-3H3,(H,28,35);1H/b23-17-;. The number of carbonyl (C=O) groups excluding carboxylic acids is 2. The number of aliphatic hydroxyl groups excluding tert-OH is 1.